The minimum absolute atomic E-state index is 0.301. The van der Waals surface area contributed by atoms with Gasteiger partial charge in [-0.15, -0.1) is 0 Å². The second-order valence-electron chi connectivity index (χ2n) is 2.42. The van der Waals surface area contributed by atoms with Gasteiger partial charge in [-0.1, -0.05) is 12.2 Å². The van der Waals surface area contributed by atoms with Gasteiger partial charge in [0.15, 0.2) is 6.10 Å². The monoisotopic (exact) mass is 172 g/mol. The van der Waals surface area contributed by atoms with Gasteiger partial charge in [0.25, 0.3) is 0 Å². The van der Waals surface area contributed by atoms with Crippen molar-refractivity contribution < 1.29 is 19.4 Å². The average Bonchev–Trinajstić information content (AvgIpc) is 2.05. The van der Waals surface area contributed by atoms with Gasteiger partial charge in [-0.25, -0.2) is 4.79 Å². The molecule has 2 unspecified atom stereocenters. The molecule has 0 radical (unpaired) electrons. The molecule has 0 aromatic heterocycles. The van der Waals surface area contributed by atoms with Crippen LogP contribution >= 0.6 is 0 Å². The van der Waals surface area contributed by atoms with Crippen LogP contribution in [-0.2, 0) is 14.3 Å². The summed E-state index contributed by atoms with van der Waals surface area (Å²) >= 11 is 0. The molecule has 1 N–H and O–H groups in total. The number of hydrogen-bond acceptors (Lipinski definition) is 4. The van der Waals surface area contributed by atoms with Crippen molar-refractivity contribution in [1.82, 2.24) is 0 Å². The van der Waals surface area contributed by atoms with E-state index in [2.05, 4.69) is 0 Å². The number of carbonyl (C=O) groups excluding carboxylic acids is 1. The number of hydrogen-bond donors (Lipinski definition) is 1. The molecule has 0 aliphatic carbocycles. The van der Waals surface area contributed by atoms with Gasteiger partial charge in [0.1, 0.15) is 6.10 Å². The van der Waals surface area contributed by atoms with Gasteiger partial charge in [0.05, 0.1) is 13.2 Å². The first-order valence-electron chi connectivity index (χ1n) is 3.88. The summed E-state index contributed by atoms with van der Waals surface area (Å²) in [7, 11) is 0. The van der Waals surface area contributed by atoms with Crippen molar-refractivity contribution in [3.05, 3.63) is 12.2 Å². The SMILES string of the molecule is CCOC(=O)C1OCC=CC1O. The normalized spacial score (nSPS) is 28.5. The molecule has 1 aliphatic heterocycles. The molecule has 1 heterocycles. The summed E-state index contributed by atoms with van der Waals surface area (Å²) in [5.74, 6) is -0.505. The molecule has 0 aromatic carbocycles. The third-order valence-corrected chi connectivity index (χ3v) is 1.53. The quantitative estimate of drug-likeness (QED) is 0.465. The van der Waals surface area contributed by atoms with Crippen molar-refractivity contribution in [3.63, 3.8) is 0 Å². The lowest BCUT2D eigenvalue weighted by molar-refractivity contribution is -0.162. The average molecular weight is 172 g/mol. The molecule has 0 amide bonds. The van der Waals surface area contributed by atoms with E-state index < -0.39 is 18.2 Å². The molecule has 12 heavy (non-hydrogen) atoms. The van der Waals surface area contributed by atoms with Gasteiger partial charge in [-0.2, -0.15) is 0 Å². The molecule has 0 fully saturated rings. The lowest BCUT2D eigenvalue weighted by Crippen LogP contribution is -2.39. The Bertz CT molecular complexity index is 187. The maximum absolute atomic E-state index is 11.1. The smallest absolute Gasteiger partial charge is 0.338 e. The Balaban J connectivity index is 2.50. The van der Waals surface area contributed by atoms with Crippen LogP contribution in [0.4, 0.5) is 0 Å². The van der Waals surface area contributed by atoms with E-state index in [0.717, 1.165) is 0 Å². The molecule has 1 aliphatic rings. The number of aliphatic hydroxyl groups excluding tert-OH is 1. The number of aliphatic hydroxyl groups is 1. The van der Waals surface area contributed by atoms with Gasteiger partial charge < -0.3 is 14.6 Å². The van der Waals surface area contributed by atoms with Crippen LogP contribution in [0.3, 0.4) is 0 Å². The molecule has 2 atom stereocenters. The van der Waals surface area contributed by atoms with Crippen LogP contribution in [0.2, 0.25) is 0 Å². The largest absolute Gasteiger partial charge is 0.464 e. The lowest BCUT2D eigenvalue weighted by Gasteiger charge is -2.21. The standard InChI is InChI=1S/C8H12O4/c1-2-11-8(10)7-6(9)4-3-5-12-7/h3-4,6-7,9H,2,5H2,1H3. The van der Waals surface area contributed by atoms with E-state index in [1.807, 2.05) is 0 Å². The molecule has 4 heteroatoms. The van der Waals surface area contributed by atoms with E-state index >= 15 is 0 Å². The summed E-state index contributed by atoms with van der Waals surface area (Å²) in [5.41, 5.74) is 0. The van der Waals surface area contributed by atoms with Crippen molar-refractivity contribution in [2.75, 3.05) is 13.2 Å². The molecule has 0 aromatic rings. The Hall–Kier alpha value is -0.870. The predicted octanol–water partition coefficient (Wildman–Crippen LogP) is -0.135. The fourth-order valence-electron chi connectivity index (χ4n) is 0.986. The van der Waals surface area contributed by atoms with E-state index in [0.29, 0.717) is 13.2 Å². The van der Waals surface area contributed by atoms with Crippen molar-refractivity contribution in [3.8, 4) is 0 Å². The molecular formula is C8H12O4. The van der Waals surface area contributed by atoms with Gasteiger partial charge in [0.2, 0.25) is 0 Å². The minimum atomic E-state index is -0.877. The van der Waals surface area contributed by atoms with E-state index in [1.165, 1.54) is 6.08 Å². The molecule has 1 rings (SSSR count). The first kappa shape index (κ1) is 9.22. The minimum Gasteiger partial charge on any atom is -0.464 e. The summed E-state index contributed by atoms with van der Waals surface area (Å²) in [6.07, 6.45) is 1.47. The zero-order valence-corrected chi connectivity index (χ0v) is 6.90. The first-order valence-corrected chi connectivity index (χ1v) is 3.88. The Morgan fingerprint density at radius 1 is 1.83 bits per heavy atom. The van der Waals surface area contributed by atoms with E-state index in [-0.39, 0.29) is 0 Å². The van der Waals surface area contributed by atoms with Crippen LogP contribution in [0.25, 0.3) is 0 Å². The number of esters is 1. The first-order chi connectivity index (χ1) is 5.75. The Morgan fingerprint density at radius 3 is 3.17 bits per heavy atom. The van der Waals surface area contributed by atoms with Crippen molar-refractivity contribution >= 4 is 5.97 Å². The van der Waals surface area contributed by atoms with Crippen LogP contribution in [0.5, 0.6) is 0 Å². The summed E-state index contributed by atoms with van der Waals surface area (Å²) in [5, 5.41) is 9.25. The second-order valence-corrected chi connectivity index (χ2v) is 2.42. The van der Waals surface area contributed by atoms with Gasteiger partial charge in [-0.3, -0.25) is 0 Å². The maximum Gasteiger partial charge on any atom is 0.338 e. The van der Waals surface area contributed by atoms with E-state index in [1.54, 1.807) is 13.0 Å². The van der Waals surface area contributed by atoms with Crippen LogP contribution < -0.4 is 0 Å². The number of ether oxygens (including phenoxy) is 2. The highest BCUT2D eigenvalue weighted by Gasteiger charge is 2.28. The van der Waals surface area contributed by atoms with Gasteiger partial charge in [0, 0.05) is 0 Å². The Morgan fingerprint density at radius 2 is 2.58 bits per heavy atom. The molecule has 0 saturated carbocycles. The molecule has 0 bridgehead atoms. The van der Waals surface area contributed by atoms with Crippen LogP contribution in [0, 0.1) is 0 Å². The third-order valence-electron chi connectivity index (χ3n) is 1.53. The molecular weight excluding hydrogens is 160 g/mol. The zero-order valence-electron chi connectivity index (χ0n) is 6.90. The fraction of sp³-hybridized carbons (Fsp3) is 0.625. The van der Waals surface area contributed by atoms with Crippen molar-refractivity contribution in [2.24, 2.45) is 0 Å². The summed E-state index contributed by atoms with van der Waals surface area (Å²) in [6, 6.07) is 0. The second kappa shape index (κ2) is 4.23. The van der Waals surface area contributed by atoms with Gasteiger partial charge in [-0.05, 0) is 6.92 Å². The highest BCUT2D eigenvalue weighted by molar-refractivity contribution is 5.76. The molecule has 0 spiro atoms. The van der Waals surface area contributed by atoms with Crippen molar-refractivity contribution in [1.29, 1.82) is 0 Å². The zero-order chi connectivity index (χ0) is 8.97. The summed E-state index contributed by atoms with van der Waals surface area (Å²) < 4.78 is 9.69. The van der Waals surface area contributed by atoms with E-state index in [9.17, 15) is 9.90 Å². The van der Waals surface area contributed by atoms with Gasteiger partial charge >= 0.3 is 5.97 Å². The van der Waals surface area contributed by atoms with Crippen molar-refractivity contribution in [2.45, 2.75) is 19.1 Å². The van der Waals surface area contributed by atoms with Crippen LogP contribution in [-0.4, -0.2) is 36.5 Å². The highest BCUT2D eigenvalue weighted by Crippen LogP contribution is 2.08. The summed E-state index contributed by atoms with van der Waals surface area (Å²) in [6.45, 7) is 2.36. The lowest BCUT2D eigenvalue weighted by atomic mass is 10.1. The fourth-order valence-corrected chi connectivity index (χ4v) is 0.986. The predicted molar refractivity (Wildman–Crippen MR) is 41.5 cm³/mol. The van der Waals surface area contributed by atoms with E-state index in [4.69, 9.17) is 9.47 Å². The third kappa shape index (κ3) is 2.06. The molecule has 68 valence electrons. The highest BCUT2D eigenvalue weighted by atomic mass is 16.6. The van der Waals surface area contributed by atoms with Crippen LogP contribution in [0.15, 0.2) is 12.2 Å². The molecule has 4 nitrogen and oxygen atoms in total. The maximum atomic E-state index is 11.1. The van der Waals surface area contributed by atoms with Crippen LogP contribution in [0.1, 0.15) is 6.92 Å². The summed E-state index contributed by atoms with van der Waals surface area (Å²) in [4.78, 5) is 11.1. The number of carbonyl (C=O) groups is 1. The Labute approximate surface area is 70.8 Å². The topological polar surface area (TPSA) is 55.8 Å². The molecule has 0 saturated heterocycles. The number of rotatable bonds is 2. The Kier molecular flexibility index (Phi) is 3.25.